The molecule has 0 aromatic heterocycles. The summed E-state index contributed by atoms with van der Waals surface area (Å²) < 4.78 is 20.4. The lowest BCUT2D eigenvalue weighted by atomic mass is 9.96. The van der Waals surface area contributed by atoms with E-state index >= 15 is 0 Å². The number of ether oxygens (including phenoxy) is 1. The molecule has 2 aliphatic heterocycles. The molecule has 1 N–H and O–H groups in total. The lowest BCUT2D eigenvalue weighted by molar-refractivity contribution is -0.170. The summed E-state index contributed by atoms with van der Waals surface area (Å²) in [5.41, 5.74) is -2.35. The number of nitrogens with zero attached hydrogens (tertiary/aromatic N) is 1. The Balaban J connectivity index is 1.71. The summed E-state index contributed by atoms with van der Waals surface area (Å²) in [7, 11) is 2.09. The third-order valence-electron chi connectivity index (χ3n) is 5.10. The van der Waals surface area contributed by atoms with Gasteiger partial charge in [-0.05, 0) is 32.7 Å². The SMILES string of the molecule is CN1[C@@H]2CC[C@H]1C[C@H](OC(=O)C(F)(CO)c1ccccc1)C2. The van der Waals surface area contributed by atoms with Crippen LogP contribution in [0, 0.1) is 0 Å². The van der Waals surface area contributed by atoms with Crippen LogP contribution in [0.1, 0.15) is 31.2 Å². The number of rotatable bonds is 4. The van der Waals surface area contributed by atoms with Gasteiger partial charge in [0, 0.05) is 17.6 Å². The van der Waals surface area contributed by atoms with Crippen LogP contribution in [0.15, 0.2) is 30.3 Å². The van der Waals surface area contributed by atoms with Crippen molar-refractivity contribution in [3.8, 4) is 0 Å². The number of benzene rings is 1. The molecule has 22 heavy (non-hydrogen) atoms. The minimum Gasteiger partial charge on any atom is -0.460 e. The molecule has 0 aliphatic carbocycles. The van der Waals surface area contributed by atoms with Crippen LogP contribution in [0.2, 0.25) is 0 Å². The first-order valence-corrected chi connectivity index (χ1v) is 7.83. The lowest BCUT2D eigenvalue weighted by Gasteiger charge is -2.36. The summed E-state index contributed by atoms with van der Waals surface area (Å²) in [4.78, 5) is 14.6. The molecule has 5 heteroatoms. The van der Waals surface area contributed by atoms with E-state index in [2.05, 4.69) is 11.9 Å². The minimum absolute atomic E-state index is 0.137. The van der Waals surface area contributed by atoms with Gasteiger partial charge in [-0.2, -0.15) is 0 Å². The second-order valence-electron chi connectivity index (χ2n) is 6.37. The quantitative estimate of drug-likeness (QED) is 0.865. The summed E-state index contributed by atoms with van der Waals surface area (Å²) in [6.45, 7) is -0.907. The number of alkyl halides is 1. The Kier molecular flexibility index (Phi) is 4.19. The molecule has 0 spiro atoms. The average Bonchev–Trinajstić information content (AvgIpc) is 2.76. The molecule has 2 fully saturated rings. The molecule has 0 amide bonds. The van der Waals surface area contributed by atoms with Crippen LogP contribution >= 0.6 is 0 Å². The molecule has 2 aliphatic rings. The number of hydrogen-bond donors (Lipinski definition) is 1. The Bertz CT molecular complexity index is 524. The molecule has 3 rings (SSSR count). The highest BCUT2D eigenvalue weighted by atomic mass is 19.1. The highest BCUT2D eigenvalue weighted by Crippen LogP contribution is 2.37. The topological polar surface area (TPSA) is 49.8 Å². The van der Waals surface area contributed by atoms with Crippen molar-refractivity contribution in [2.45, 2.75) is 49.5 Å². The van der Waals surface area contributed by atoms with Crippen LogP contribution in [-0.2, 0) is 15.2 Å². The highest BCUT2D eigenvalue weighted by molar-refractivity contribution is 5.81. The predicted octanol–water partition coefficient (Wildman–Crippen LogP) is 2.01. The number of piperidine rings is 1. The largest absolute Gasteiger partial charge is 0.460 e. The molecular formula is C17H22FNO3. The van der Waals surface area contributed by atoms with Crippen LogP contribution in [0.25, 0.3) is 0 Å². The van der Waals surface area contributed by atoms with Crippen LogP contribution < -0.4 is 0 Å². The molecule has 4 atom stereocenters. The molecule has 2 saturated heterocycles. The van der Waals surface area contributed by atoms with Crippen molar-refractivity contribution in [1.29, 1.82) is 0 Å². The van der Waals surface area contributed by atoms with Crippen molar-refractivity contribution in [3.05, 3.63) is 35.9 Å². The molecule has 4 nitrogen and oxygen atoms in total. The maximum absolute atomic E-state index is 15.0. The summed E-state index contributed by atoms with van der Waals surface area (Å²) in [5, 5.41) is 9.41. The first-order chi connectivity index (χ1) is 10.5. The zero-order valence-electron chi connectivity index (χ0n) is 12.7. The van der Waals surface area contributed by atoms with Gasteiger partial charge in [0.1, 0.15) is 6.10 Å². The number of carbonyl (C=O) groups is 1. The molecule has 2 bridgehead atoms. The second-order valence-corrected chi connectivity index (χ2v) is 6.37. The Hall–Kier alpha value is -1.46. The first-order valence-electron chi connectivity index (χ1n) is 7.83. The van der Waals surface area contributed by atoms with Gasteiger partial charge in [-0.1, -0.05) is 30.3 Å². The third-order valence-corrected chi connectivity index (χ3v) is 5.10. The van der Waals surface area contributed by atoms with Crippen LogP contribution in [0.5, 0.6) is 0 Å². The fourth-order valence-electron chi connectivity index (χ4n) is 3.68. The maximum Gasteiger partial charge on any atom is 0.351 e. The summed E-state index contributed by atoms with van der Waals surface area (Å²) in [6, 6.07) is 8.84. The van der Waals surface area contributed by atoms with Gasteiger partial charge >= 0.3 is 5.97 Å². The number of hydrogen-bond acceptors (Lipinski definition) is 4. The van der Waals surface area contributed by atoms with Crippen molar-refractivity contribution < 1.29 is 19.0 Å². The summed E-state index contributed by atoms with van der Waals surface area (Å²) >= 11 is 0. The molecule has 1 aromatic carbocycles. The highest BCUT2D eigenvalue weighted by Gasteiger charge is 2.45. The second kappa shape index (κ2) is 5.97. The molecule has 0 radical (unpaired) electrons. The van der Waals surface area contributed by atoms with Crippen molar-refractivity contribution >= 4 is 5.97 Å². The van der Waals surface area contributed by atoms with Crippen molar-refractivity contribution in [2.75, 3.05) is 13.7 Å². The van der Waals surface area contributed by atoms with Crippen molar-refractivity contribution in [3.63, 3.8) is 0 Å². The van der Waals surface area contributed by atoms with Crippen molar-refractivity contribution in [2.24, 2.45) is 0 Å². The smallest absolute Gasteiger partial charge is 0.351 e. The Morgan fingerprint density at radius 1 is 1.32 bits per heavy atom. The number of carbonyl (C=O) groups excluding carboxylic acids is 1. The van der Waals surface area contributed by atoms with E-state index in [1.165, 1.54) is 12.1 Å². The van der Waals surface area contributed by atoms with Gasteiger partial charge in [-0.15, -0.1) is 0 Å². The van der Waals surface area contributed by atoms with E-state index in [1.807, 2.05) is 0 Å². The fourth-order valence-corrected chi connectivity index (χ4v) is 3.68. The van der Waals surface area contributed by atoms with E-state index < -0.39 is 18.2 Å². The van der Waals surface area contributed by atoms with Gasteiger partial charge in [0.15, 0.2) is 0 Å². The Morgan fingerprint density at radius 2 is 1.91 bits per heavy atom. The fraction of sp³-hybridized carbons (Fsp3) is 0.588. The standard InChI is InChI=1S/C17H22FNO3/c1-19-13-7-8-14(19)10-15(9-13)22-16(21)17(18,11-20)12-5-3-2-4-6-12/h2-6,13-15,20H,7-11H2,1H3/t13-,14+,15-,17?. The van der Waals surface area contributed by atoms with E-state index in [0.717, 1.165) is 25.7 Å². The summed E-state index contributed by atoms with van der Waals surface area (Å²) in [6.07, 6.45) is 3.44. The minimum atomic E-state index is -2.48. The van der Waals surface area contributed by atoms with Crippen LogP contribution in [-0.4, -0.2) is 47.8 Å². The van der Waals surface area contributed by atoms with E-state index in [-0.39, 0.29) is 11.7 Å². The van der Waals surface area contributed by atoms with Gasteiger partial charge in [0.25, 0.3) is 5.67 Å². The number of aliphatic hydroxyl groups excluding tert-OH is 1. The molecule has 1 aromatic rings. The number of esters is 1. The zero-order chi connectivity index (χ0) is 15.7. The Labute approximate surface area is 129 Å². The molecule has 0 saturated carbocycles. The van der Waals surface area contributed by atoms with E-state index in [9.17, 15) is 14.3 Å². The summed E-state index contributed by atoms with van der Waals surface area (Å²) in [5.74, 6) is -0.977. The number of halogens is 1. The number of fused-ring (bicyclic) bond motifs is 2. The van der Waals surface area contributed by atoms with Gasteiger partial charge in [-0.3, -0.25) is 0 Å². The van der Waals surface area contributed by atoms with Gasteiger partial charge in [0.05, 0.1) is 6.61 Å². The third kappa shape index (κ3) is 2.63. The first kappa shape index (κ1) is 15.4. The van der Waals surface area contributed by atoms with Gasteiger partial charge < -0.3 is 14.7 Å². The van der Waals surface area contributed by atoms with Crippen molar-refractivity contribution in [1.82, 2.24) is 4.90 Å². The van der Waals surface area contributed by atoms with E-state index in [1.54, 1.807) is 18.2 Å². The maximum atomic E-state index is 15.0. The molecule has 1 unspecified atom stereocenters. The van der Waals surface area contributed by atoms with E-state index in [4.69, 9.17) is 4.74 Å². The number of aliphatic hydroxyl groups is 1. The van der Waals surface area contributed by atoms with Crippen LogP contribution in [0.4, 0.5) is 4.39 Å². The van der Waals surface area contributed by atoms with Crippen LogP contribution in [0.3, 0.4) is 0 Å². The predicted molar refractivity (Wildman–Crippen MR) is 80.0 cm³/mol. The van der Waals surface area contributed by atoms with E-state index in [0.29, 0.717) is 12.1 Å². The molecular weight excluding hydrogens is 285 g/mol. The van der Waals surface area contributed by atoms with Gasteiger partial charge in [0.2, 0.25) is 0 Å². The average molecular weight is 307 g/mol. The van der Waals surface area contributed by atoms with Gasteiger partial charge in [-0.25, -0.2) is 9.18 Å². The zero-order valence-corrected chi connectivity index (χ0v) is 12.7. The monoisotopic (exact) mass is 307 g/mol. The lowest BCUT2D eigenvalue weighted by Crippen LogP contribution is -2.46. The normalized spacial score (nSPS) is 30.8. The molecule has 120 valence electrons. The molecule has 2 heterocycles. The Morgan fingerprint density at radius 3 is 2.45 bits per heavy atom.